The number of hydrogen-bond donors (Lipinski definition) is 0. The number of thioether (sulfide) groups is 1. The minimum absolute atomic E-state index is 0.109. The lowest BCUT2D eigenvalue weighted by atomic mass is 9.97. The highest BCUT2D eigenvalue weighted by Crippen LogP contribution is 2.35. The van der Waals surface area contributed by atoms with Crippen molar-refractivity contribution in [1.82, 2.24) is 9.55 Å². The summed E-state index contributed by atoms with van der Waals surface area (Å²) in [6, 6.07) is 1.68. The van der Waals surface area contributed by atoms with E-state index in [1.54, 1.807) is 12.3 Å². The molecule has 1 aromatic rings. The fraction of sp³-hybridized carbons (Fsp3) is 0.579. The molecule has 32 heavy (non-hydrogen) atoms. The fourth-order valence-electron chi connectivity index (χ4n) is 3.13. The first-order valence-electron chi connectivity index (χ1n) is 9.47. The Hall–Kier alpha value is -2.51. The van der Waals surface area contributed by atoms with E-state index in [2.05, 4.69) is 4.98 Å². The number of nitrogens with zero attached hydrogens (tertiary/aromatic N) is 2. The van der Waals surface area contributed by atoms with Crippen molar-refractivity contribution in [2.24, 2.45) is 0 Å². The molecule has 11 nitrogen and oxygen atoms in total. The van der Waals surface area contributed by atoms with Crippen LogP contribution in [0.4, 0.5) is 0 Å². The van der Waals surface area contributed by atoms with Crippen molar-refractivity contribution in [1.29, 1.82) is 0 Å². The van der Waals surface area contributed by atoms with E-state index in [0.717, 1.165) is 13.8 Å². The van der Waals surface area contributed by atoms with E-state index in [0.29, 0.717) is 5.03 Å². The standard InChI is InChI=1S/C19H24N2O9S2/c1-9(22)26-8-13-15(27-10(2)23)16(28-11(3)24)17(29-12(4)25)18(30-13)21-7-6-14(32-5)20-19(21)31/h6-7,13,15-18H,8H2,1-5H3/t13-,15+,16+,17-,18-/m1/s1. The van der Waals surface area contributed by atoms with Crippen LogP contribution < -0.4 is 0 Å². The van der Waals surface area contributed by atoms with Crippen LogP contribution in [0.2, 0.25) is 0 Å². The molecule has 0 aliphatic carbocycles. The normalized spacial score (nSPS) is 24.8. The molecule has 1 saturated heterocycles. The van der Waals surface area contributed by atoms with Crippen LogP contribution >= 0.6 is 24.0 Å². The van der Waals surface area contributed by atoms with Gasteiger partial charge in [0.15, 0.2) is 24.5 Å². The zero-order valence-electron chi connectivity index (χ0n) is 18.1. The summed E-state index contributed by atoms with van der Waals surface area (Å²) >= 11 is 6.74. The third-order valence-corrected chi connectivity index (χ3v) is 5.20. The Morgan fingerprint density at radius 2 is 1.56 bits per heavy atom. The maximum Gasteiger partial charge on any atom is 0.303 e. The van der Waals surface area contributed by atoms with E-state index in [4.69, 9.17) is 35.9 Å². The van der Waals surface area contributed by atoms with Crippen molar-refractivity contribution in [3.05, 3.63) is 17.0 Å². The van der Waals surface area contributed by atoms with Crippen LogP contribution in [0.3, 0.4) is 0 Å². The van der Waals surface area contributed by atoms with Gasteiger partial charge in [-0.3, -0.25) is 23.7 Å². The quantitative estimate of drug-likeness (QED) is 0.181. The number of carbonyl (C=O) groups excluding carboxylic acids is 4. The largest absolute Gasteiger partial charge is 0.463 e. The third kappa shape index (κ3) is 6.74. The van der Waals surface area contributed by atoms with E-state index >= 15 is 0 Å². The predicted octanol–water partition coefficient (Wildman–Crippen LogP) is 1.59. The number of rotatable bonds is 7. The molecular formula is C19H24N2O9S2. The fourth-order valence-corrected chi connectivity index (χ4v) is 3.83. The summed E-state index contributed by atoms with van der Waals surface area (Å²) in [5.74, 6) is -2.71. The van der Waals surface area contributed by atoms with Gasteiger partial charge in [0.1, 0.15) is 17.7 Å². The van der Waals surface area contributed by atoms with Gasteiger partial charge in [0.25, 0.3) is 0 Å². The summed E-state index contributed by atoms with van der Waals surface area (Å²) < 4.78 is 28.8. The second kappa shape index (κ2) is 11.4. The zero-order valence-corrected chi connectivity index (χ0v) is 19.8. The molecule has 0 spiro atoms. The second-order valence-corrected chi connectivity index (χ2v) is 7.94. The number of aromatic nitrogens is 2. The van der Waals surface area contributed by atoms with E-state index in [1.165, 1.54) is 30.2 Å². The van der Waals surface area contributed by atoms with Crippen LogP contribution in [-0.2, 0) is 42.9 Å². The molecule has 1 aromatic heterocycles. The Labute approximate surface area is 193 Å². The maximum atomic E-state index is 11.9. The van der Waals surface area contributed by atoms with Gasteiger partial charge in [-0.2, -0.15) is 0 Å². The second-order valence-electron chi connectivity index (χ2n) is 6.75. The van der Waals surface area contributed by atoms with Gasteiger partial charge in [0.05, 0.1) is 0 Å². The Morgan fingerprint density at radius 3 is 2.06 bits per heavy atom. The molecule has 0 radical (unpaired) electrons. The molecule has 0 N–H and O–H groups in total. The molecule has 176 valence electrons. The van der Waals surface area contributed by atoms with E-state index in [-0.39, 0.29) is 11.4 Å². The monoisotopic (exact) mass is 488 g/mol. The topological polar surface area (TPSA) is 132 Å². The van der Waals surface area contributed by atoms with Crippen LogP contribution in [0, 0.1) is 4.77 Å². The molecule has 2 heterocycles. The number of ether oxygens (including phenoxy) is 5. The van der Waals surface area contributed by atoms with Gasteiger partial charge < -0.3 is 23.7 Å². The molecule has 1 aliphatic rings. The highest BCUT2D eigenvalue weighted by atomic mass is 32.2. The summed E-state index contributed by atoms with van der Waals surface area (Å²) in [5.41, 5.74) is 0. The van der Waals surface area contributed by atoms with Gasteiger partial charge in [-0.05, 0) is 24.5 Å². The Balaban J connectivity index is 2.59. The molecule has 0 bridgehead atoms. The van der Waals surface area contributed by atoms with Gasteiger partial charge in [-0.1, -0.05) is 0 Å². The van der Waals surface area contributed by atoms with Gasteiger partial charge in [0.2, 0.25) is 4.77 Å². The van der Waals surface area contributed by atoms with Gasteiger partial charge in [-0.25, -0.2) is 4.98 Å². The van der Waals surface area contributed by atoms with Crippen LogP contribution in [0.1, 0.15) is 33.9 Å². The highest BCUT2D eigenvalue weighted by molar-refractivity contribution is 7.98. The lowest BCUT2D eigenvalue weighted by Crippen LogP contribution is -2.60. The summed E-state index contributed by atoms with van der Waals surface area (Å²) in [6.07, 6.45) is -2.52. The van der Waals surface area contributed by atoms with Gasteiger partial charge in [-0.15, -0.1) is 11.8 Å². The molecule has 1 fully saturated rings. The van der Waals surface area contributed by atoms with E-state index in [1.807, 2.05) is 6.26 Å². The SMILES string of the molecule is CSc1ccn([C@@H]2O[C@H](COC(C)=O)[C@H](OC(C)=O)[C@H](OC(C)=O)[C@H]2OC(C)=O)c(=S)n1. The summed E-state index contributed by atoms with van der Waals surface area (Å²) in [5, 5.41) is 0.650. The molecule has 5 atom stereocenters. The number of hydrogen-bond acceptors (Lipinski definition) is 12. The third-order valence-electron chi connectivity index (χ3n) is 4.25. The van der Waals surface area contributed by atoms with Crippen molar-refractivity contribution in [3.63, 3.8) is 0 Å². The minimum atomic E-state index is -1.28. The first-order valence-corrected chi connectivity index (χ1v) is 11.1. The van der Waals surface area contributed by atoms with Crippen LogP contribution in [0.25, 0.3) is 0 Å². The van der Waals surface area contributed by atoms with Crippen LogP contribution in [-0.4, -0.2) is 70.7 Å². The lowest BCUT2D eigenvalue weighted by Gasteiger charge is -2.44. The van der Waals surface area contributed by atoms with Crippen molar-refractivity contribution >= 4 is 47.9 Å². The molecule has 0 aromatic carbocycles. The Bertz CT molecular complexity index is 936. The van der Waals surface area contributed by atoms with Crippen molar-refractivity contribution in [2.45, 2.75) is 63.4 Å². The van der Waals surface area contributed by atoms with Crippen molar-refractivity contribution in [2.75, 3.05) is 12.9 Å². The summed E-state index contributed by atoms with van der Waals surface area (Å²) in [6.45, 7) is 4.36. The smallest absolute Gasteiger partial charge is 0.303 e. The van der Waals surface area contributed by atoms with Crippen molar-refractivity contribution in [3.8, 4) is 0 Å². The molecule has 0 amide bonds. The predicted molar refractivity (Wildman–Crippen MR) is 112 cm³/mol. The van der Waals surface area contributed by atoms with Crippen LogP contribution in [0.15, 0.2) is 17.3 Å². The molecule has 1 aliphatic heterocycles. The van der Waals surface area contributed by atoms with Gasteiger partial charge >= 0.3 is 23.9 Å². The Morgan fingerprint density at radius 1 is 1.00 bits per heavy atom. The minimum Gasteiger partial charge on any atom is -0.463 e. The summed E-state index contributed by atoms with van der Waals surface area (Å²) in [7, 11) is 0. The van der Waals surface area contributed by atoms with E-state index < -0.39 is 54.5 Å². The zero-order chi connectivity index (χ0) is 24.0. The average molecular weight is 489 g/mol. The first kappa shape index (κ1) is 25.7. The lowest BCUT2D eigenvalue weighted by molar-refractivity contribution is -0.268. The molecule has 2 rings (SSSR count). The molecule has 0 saturated carbocycles. The maximum absolute atomic E-state index is 11.9. The van der Waals surface area contributed by atoms with Crippen molar-refractivity contribution < 1.29 is 42.9 Å². The number of esters is 4. The van der Waals surface area contributed by atoms with E-state index in [9.17, 15) is 19.2 Å². The van der Waals surface area contributed by atoms with Crippen LogP contribution in [0.5, 0.6) is 0 Å². The van der Waals surface area contributed by atoms with Gasteiger partial charge in [0, 0.05) is 33.9 Å². The molecule has 0 unspecified atom stereocenters. The first-order chi connectivity index (χ1) is 15.0. The number of carbonyl (C=O) groups is 4. The molecule has 13 heteroatoms. The Kier molecular flexibility index (Phi) is 9.16. The molecular weight excluding hydrogens is 464 g/mol. The average Bonchev–Trinajstić information content (AvgIpc) is 2.68. The highest BCUT2D eigenvalue weighted by Gasteiger charge is 2.52. The summed E-state index contributed by atoms with van der Waals surface area (Å²) in [4.78, 5) is 51.2.